The third-order valence-corrected chi connectivity index (χ3v) is 2.70. The van der Waals surface area contributed by atoms with Gasteiger partial charge in [0.05, 0.1) is 29.8 Å². The molecule has 1 aliphatic rings. The Kier molecular flexibility index (Phi) is 2.87. The summed E-state index contributed by atoms with van der Waals surface area (Å²) in [6.45, 7) is 5.79. The van der Waals surface area contributed by atoms with Crippen LogP contribution < -0.4 is 16.4 Å². The van der Waals surface area contributed by atoms with E-state index in [0.29, 0.717) is 11.4 Å². The molecule has 4 N–H and O–H groups in total. The Bertz CT molecular complexity index is 372. The normalized spacial score (nSPS) is 25.8. The number of nitrogens with zero attached hydrogens (tertiary/aromatic N) is 2. The van der Waals surface area contributed by atoms with Crippen molar-refractivity contribution in [1.82, 2.24) is 4.98 Å². The fourth-order valence-corrected chi connectivity index (χ4v) is 2.01. The molecule has 16 heavy (non-hydrogen) atoms. The zero-order chi connectivity index (χ0) is 11.7. The van der Waals surface area contributed by atoms with Crippen molar-refractivity contribution >= 4 is 17.2 Å². The molecule has 0 bridgehead atoms. The molecule has 0 amide bonds. The Labute approximate surface area is 95.4 Å². The number of ether oxygens (including phenoxy) is 1. The number of hydrogen-bond acceptors (Lipinski definition) is 5. The van der Waals surface area contributed by atoms with Gasteiger partial charge in [-0.15, -0.1) is 0 Å². The minimum Gasteiger partial charge on any atom is -0.397 e. The van der Waals surface area contributed by atoms with E-state index in [-0.39, 0.29) is 12.2 Å². The molecular formula is C11H18N4O. The maximum Gasteiger partial charge on any atom is 0.130 e. The van der Waals surface area contributed by atoms with Crippen molar-refractivity contribution in [1.29, 1.82) is 0 Å². The number of morpholine rings is 1. The number of rotatable bonds is 1. The highest BCUT2D eigenvalue weighted by Gasteiger charge is 2.23. The topological polar surface area (TPSA) is 77.4 Å². The van der Waals surface area contributed by atoms with Crippen LogP contribution in [0.2, 0.25) is 0 Å². The van der Waals surface area contributed by atoms with Gasteiger partial charge in [-0.2, -0.15) is 0 Å². The van der Waals surface area contributed by atoms with E-state index < -0.39 is 0 Å². The monoisotopic (exact) mass is 222 g/mol. The quantitative estimate of drug-likeness (QED) is 0.737. The Morgan fingerprint density at radius 1 is 1.25 bits per heavy atom. The van der Waals surface area contributed by atoms with Crippen molar-refractivity contribution in [2.75, 3.05) is 29.5 Å². The van der Waals surface area contributed by atoms with E-state index in [4.69, 9.17) is 16.2 Å². The molecule has 5 heteroatoms. The average molecular weight is 222 g/mol. The number of pyridine rings is 1. The summed E-state index contributed by atoms with van der Waals surface area (Å²) >= 11 is 0. The van der Waals surface area contributed by atoms with E-state index in [9.17, 15) is 0 Å². The fourth-order valence-electron chi connectivity index (χ4n) is 2.01. The Balaban J connectivity index is 2.19. The second-order valence-corrected chi connectivity index (χ2v) is 4.33. The predicted octanol–water partition coefficient (Wildman–Crippen LogP) is 0.860. The SMILES string of the molecule is C[C@@H]1CN(c2cc(N)c(N)cn2)C[C@H](C)O1. The molecule has 0 aliphatic carbocycles. The van der Waals surface area contributed by atoms with E-state index in [1.165, 1.54) is 0 Å². The van der Waals surface area contributed by atoms with Gasteiger partial charge in [0.2, 0.25) is 0 Å². The molecule has 5 nitrogen and oxygen atoms in total. The highest BCUT2D eigenvalue weighted by Crippen LogP contribution is 2.22. The standard InChI is InChI=1S/C11H18N4O/c1-7-5-15(6-8(2)16-7)11-3-9(12)10(13)4-14-11/h3-4,7-8H,5-6,13H2,1-2H3,(H2,12,14)/t7-,8+. The summed E-state index contributed by atoms with van der Waals surface area (Å²) in [4.78, 5) is 6.47. The zero-order valence-electron chi connectivity index (χ0n) is 9.68. The lowest BCUT2D eigenvalue weighted by Gasteiger charge is -2.36. The van der Waals surface area contributed by atoms with E-state index in [1.54, 1.807) is 6.20 Å². The Morgan fingerprint density at radius 2 is 1.88 bits per heavy atom. The summed E-state index contributed by atoms with van der Waals surface area (Å²) in [6.07, 6.45) is 2.03. The van der Waals surface area contributed by atoms with Gasteiger partial charge in [0, 0.05) is 19.2 Å². The number of nitrogen functional groups attached to an aromatic ring is 2. The van der Waals surface area contributed by atoms with Gasteiger partial charge in [-0.3, -0.25) is 0 Å². The van der Waals surface area contributed by atoms with E-state index in [2.05, 4.69) is 23.7 Å². The lowest BCUT2D eigenvalue weighted by atomic mass is 10.2. The van der Waals surface area contributed by atoms with Crippen LogP contribution in [0.15, 0.2) is 12.3 Å². The molecule has 88 valence electrons. The smallest absolute Gasteiger partial charge is 0.130 e. The van der Waals surface area contributed by atoms with Crippen molar-refractivity contribution in [2.24, 2.45) is 0 Å². The van der Waals surface area contributed by atoms with Crippen LogP contribution in [-0.2, 0) is 4.74 Å². The number of nitrogens with two attached hydrogens (primary N) is 2. The lowest BCUT2D eigenvalue weighted by Crippen LogP contribution is -2.45. The summed E-state index contributed by atoms with van der Waals surface area (Å²) < 4.78 is 5.67. The zero-order valence-corrected chi connectivity index (χ0v) is 9.68. The van der Waals surface area contributed by atoms with Gasteiger partial charge in [-0.25, -0.2) is 4.98 Å². The molecule has 1 aromatic rings. The molecule has 0 unspecified atom stereocenters. The molecule has 1 aliphatic heterocycles. The van der Waals surface area contributed by atoms with E-state index in [1.807, 2.05) is 6.07 Å². The van der Waals surface area contributed by atoms with Crippen LogP contribution in [0.5, 0.6) is 0 Å². The molecule has 1 fully saturated rings. The fraction of sp³-hybridized carbons (Fsp3) is 0.545. The molecule has 2 atom stereocenters. The van der Waals surface area contributed by atoms with Gasteiger partial charge in [0.15, 0.2) is 0 Å². The minimum absolute atomic E-state index is 0.212. The van der Waals surface area contributed by atoms with Crippen molar-refractivity contribution in [2.45, 2.75) is 26.1 Å². The first kappa shape index (κ1) is 11.0. The van der Waals surface area contributed by atoms with Crippen LogP contribution in [0.1, 0.15) is 13.8 Å². The van der Waals surface area contributed by atoms with Crippen LogP contribution in [-0.4, -0.2) is 30.3 Å². The van der Waals surface area contributed by atoms with Gasteiger partial charge in [-0.05, 0) is 13.8 Å². The lowest BCUT2D eigenvalue weighted by molar-refractivity contribution is -0.00545. The summed E-state index contributed by atoms with van der Waals surface area (Å²) in [6, 6.07) is 1.82. The van der Waals surface area contributed by atoms with E-state index in [0.717, 1.165) is 18.9 Å². The summed E-state index contributed by atoms with van der Waals surface area (Å²) in [5.41, 5.74) is 12.5. The molecule has 1 aromatic heterocycles. The van der Waals surface area contributed by atoms with Gasteiger partial charge in [0.1, 0.15) is 5.82 Å². The van der Waals surface area contributed by atoms with Crippen LogP contribution in [0.4, 0.5) is 17.2 Å². The Morgan fingerprint density at radius 3 is 2.44 bits per heavy atom. The number of anilines is 3. The molecule has 1 saturated heterocycles. The van der Waals surface area contributed by atoms with Gasteiger partial charge < -0.3 is 21.1 Å². The molecule has 0 saturated carbocycles. The van der Waals surface area contributed by atoms with E-state index >= 15 is 0 Å². The first-order valence-corrected chi connectivity index (χ1v) is 5.47. The first-order chi connectivity index (χ1) is 7.56. The highest BCUT2D eigenvalue weighted by atomic mass is 16.5. The molecular weight excluding hydrogens is 204 g/mol. The molecule has 0 spiro atoms. The van der Waals surface area contributed by atoms with Crippen molar-refractivity contribution in [3.8, 4) is 0 Å². The van der Waals surface area contributed by atoms with Crippen molar-refractivity contribution < 1.29 is 4.74 Å². The van der Waals surface area contributed by atoms with Gasteiger partial charge >= 0.3 is 0 Å². The summed E-state index contributed by atoms with van der Waals surface area (Å²) in [7, 11) is 0. The Hall–Kier alpha value is -1.49. The van der Waals surface area contributed by atoms with Crippen LogP contribution in [0, 0.1) is 0 Å². The van der Waals surface area contributed by atoms with Crippen molar-refractivity contribution in [3.63, 3.8) is 0 Å². The predicted molar refractivity (Wildman–Crippen MR) is 65.3 cm³/mol. The average Bonchev–Trinajstić information content (AvgIpc) is 2.20. The third-order valence-electron chi connectivity index (χ3n) is 2.70. The number of hydrogen-bond donors (Lipinski definition) is 2. The van der Waals surface area contributed by atoms with Crippen molar-refractivity contribution in [3.05, 3.63) is 12.3 Å². The molecule has 2 heterocycles. The third kappa shape index (κ3) is 2.19. The summed E-state index contributed by atoms with van der Waals surface area (Å²) in [5.74, 6) is 0.869. The maximum atomic E-state index is 5.77. The highest BCUT2D eigenvalue weighted by molar-refractivity contribution is 5.66. The number of aromatic nitrogens is 1. The molecule has 0 aromatic carbocycles. The minimum atomic E-state index is 0.212. The van der Waals surface area contributed by atoms with Crippen LogP contribution in [0.3, 0.4) is 0 Å². The van der Waals surface area contributed by atoms with Gasteiger partial charge in [0.25, 0.3) is 0 Å². The first-order valence-electron chi connectivity index (χ1n) is 5.47. The van der Waals surface area contributed by atoms with Crippen LogP contribution in [0.25, 0.3) is 0 Å². The largest absolute Gasteiger partial charge is 0.397 e. The van der Waals surface area contributed by atoms with Gasteiger partial charge in [-0.1, -0.05) is 0 Å². The second-order valence-electron chi connectivity index (χ2n) is 4.33. The maximum absolute atomic E-state index is 5.77. The molecule has 0 radical (unpaired) electrons. The molecule has 2 rings (SSSR count). The van der Waals surface area contributed by atoms with Crippen LogP contribution >= 0.6 is 0 Å². The second kappa shape index (κ2) is 4.17. The summed E-state index contributed by atoms with van der Waals surface area (Å²) in [5, 5.41) is 0.